The molecular formula is C20H24N4OS. The van der Waals surface area contributed by atoms with Gasteiger partial charge in [0.15, 0.2) is 5.11 Å². The Morgan fingerprint density at radius 2 is 1.81 bits per heavy atom. The highest BCUT2D eigenvalue weighted by Crippen LogP contribution is 2.33. The number of carbonyl (C=O) groups excluding carboxylic acids is 1. The number of rotatable bonds is 3. The fourth-order valence-corrected chi connectivity index (χ4v) is 4.62. The van der Waals surface area contributed by atoms with Crippen LogP contribution in [0.15, 0.2) is 30.3 Å². The molecule has 1 aliphatic carbocycles. The van der Waals surface area contributed by atoms with E-state index < -0.39 is 6.04 Å². The van der Waals surface area contributed by atoms with Crippen LogP contribution in [-0.2, 0) is 4.79 Å². The standard InChI is InChI=1S/C20H24N4OS/c1-13-17(14(2)24(22-13)16-11-7-4-8-12-16)18-19(25)23(20(26)21-18)15-9-5-3-6-10-15/h4,7-8,11-12,15,18H,3,5-6,9-10H2,1-2H3,(H,21,26)/t18-/m1/s1. The maximum Gasteiger partial charge on any atom is 0.256 e. The lowest BCUT2D eigenvalue weighted by molar-refractivity contribution is -0.129. The summed E-state index contributed by atoms with van der Waals surface area (Å²) in [6, 6.07) is 9.82. The molecule has 1 N–H and O–H groups in total. The first-order valence-electron chi connectivity index (χ1n) is 9.33. The summed E-state index contributed by atoms with van der Waals surface area (Å²) in [5, 5.41) is 8.52. The summed E-state index contributed by atoms with van der Waals surface area (Å²) in [5.74, 6) is 0.0701. The van der Waals surface area contributed by atoms with Gasteiger partial charge >= 0.3 is 0 Å². The highest BCUT2D eigenvalue weighted by Gasteiger charge is 2.42. The summed E-state index contributed by atoms with van der Waals surface area (Å²) in [6.07, 6.45) is 5.69. The van der Waals surface area contributed by atoms with Crippen LogP contribution in [0.3, 0.4) is 0 Å². The van der Waals surface area contributed by atoms with Gasteiger partial charge in [0.1, 0.15) is 6.04 Å². The van der Waals surface area contributed by atoms with E-state index in [4.69, 9.17) is 12.2 Å². The van der Waals surface area contributed by atoms with Crippen molar-refractivity contribution in [2.24, 2.45) is 0 Å². The van der Waals surface area contributed by atoms with Crippen LogP contribution in [-0.4, -0.2) is 31.7 Å². The normalized spacial score (nSPS) is 21.3. The van der Waals surface area contributed by atoms with E-state index in [-0.39, 0.29) is 11.9 Å². The molecule has 1 saturated heterocycles. The number of amides is 1. The molecule has 2 heterocycles. The molecule has 1 aromatic carbocycles. The minimum absolute atomic E-state index is 0.0701. The van der Waals surface area contributed by atoms with Gasteiger partial charge in [-0.3, -0.25) is 9.69 Å². The van der Waals surface area contributed by atoms with Gasteiger partial charge in [-0.2, -0.15) is 5.10 Å². The Morgan fingerprint density at radius 1 is 1.12 bits per heavy atom. The molecule has 6 heteroatoms. The Morgan fingerprint density at radius 3 is 2.50 bits per heavy atom. The third-order valence-electron chi connectivity index (χ3n) is 5.55. The van der Waals surface area contributed by atoms with Crippen molar-refractivity contribution in [3.63, 3.8) is 0 Å². The van der Waals surface area contributed by atoms with Gasteiger partial charge in [-0.15, -0.1) is 0 Å². The van der Waals surface area contributed by atoms with E-state index >= 15 is 0 Å². The second-order valence-corrected chi connectivity index (χ2v) is 7.60. The summed E-state index contributed by atoms with van der Waals surface area (Å²) in [4.78, 5) is 15.0. The van der Waals surface area contributed by atoms with Crippen molar-refractivity contribution in [2.75, 3.05) is 0 Å². The van der Waals surface area contributed by atoms with Crippen LogP contribution in [0.2, 0.25) is 0 Å². The SMILES string of the molecule is Cc1nn(-c2ccccc2)c(C)c1[C@H]1NC(=S)N(C2CCCCC2)C1=O. The minimum atomic E-state index is -0.429. The molecule has 4 rings (SSSR count). The second-order valence-electron chi connectivity index (χ2n) is 7.21. The van der Waals surface area contributed by atoms with Crippen LogP contribution in [0.25, 0.3) is 5.69 Å². The zero-order valence-corrected chi connectivity index (χ0v) is 16.1. The molecule has 0 radical (unpaired) electrons. The molecule has 1 atom stereocenters. The Labute approximate surface area is 159 Å². The maximum atomic E-state index is 13.2. The number of nitrogens with zero attached hydrogens (tertiary/aromatic N) is 3. The van der Waals surface area contributed by atoms with E-state index in [2.05, 4.69) is 10.4 Å². The first-order valence-corrected chi connectivity index (χ1v) is 9.74. The largest absolute Gasteiger partial charge is 0.347 e. The molecule has 0 spiro atoms. The number of nitrogens with one attached hydrogen (secondary N) is 1. The second kappa shape index (κ2) is 6.83. The van der Waals surface area contributed by atoms with E-state index in [9.17, 15) is 4.79 Å². The van der Waals surface area contributed by atoms with Crippen LogP contribution in [0.5, 0.6) is 0 Å². The molecule has 26 heavy (non-hydrogen) atoms. The van der Waals surface area contributed by atoms with E-state index in [0.29, 0.717) is 5.11 Å². The van der Waals surface area contributed by atoms with Crippen molar-refractivity contribution in [3.8, 4) is 5.69 Å². The average Bonchev–Trinajstić information content (AvgIpc) is 3.11. The van der Waals surface area contributed by atoms with Gasteiger partial charge in [0.25, 0.3) is 5.91 Å². The summed E-state index contributed by atoms with van der Waals surface area (Å²) < 4.78 is 1.91. The smallest absolute Gasteiger partial charge is 0.256 e. The number of aromatic nitrogens is 2. The fraction of sp³-hybridized carbons (Fsp3) is 0.450. The van der Waals surface area contributed by atoms with Gasteiger partial charge < -0.3 is 5.32 Å². The summed E-state index contributed by atoms with van der Waals surface area (Å²) in [6.45, 7) is 3.98. The number of para-hydroxylation sites is 1. The topological polar surface area (TPSA) is 50.2 Å². The molecule has 5 nitrogen and oxygen atoms in total. The Bertz CT molecular complexity index is 839. The average molecular weight is 369 g/mol. The third-order valence-corrected chi connectivity index (χ3v) is 5.86. The lowest BCUT2D eigenvalue weighted by Crippen LogP contribution is -2.41. The number of carbonyl (C=O) groups is 1. The van der Waals surface area contributed by atoms with Crippen molar-refractivity contribution in [2.45, 2.75) is 58.0 Å². The van der Waals surface area contributed by atoms with Crippen LogP contribution < -0.4 is 5.32 Å². The zero-order valence-electron chi connectivity index (χ0n) is 15.2. The van der Waals surface area contributed by atoms with Crippen molar-refractivity contribution in [3.05, 3.63) is 47.3 Å². The zero-order chi connectivity index (χ0) is 18.3. The maximum absolute atomic E-state index is 13.2. The van der Waals surface area contributed by atoms with Crippen molar-refractivity contribution >= 4 is 23.2 Å². The molecule has 1 aliphatic heterocycles. The summed E-state index contributed by atoms with van der Waals surface area (Å²) in [7, 11) is 0. The predicted octanol–water partition coefficient (Wildman–Crippen LogP) is 3.58. The molecule has 2 fully saturated rings. The molecule has 0 unspecified atom stereocenters. The van der Waals surface area contributed by atoms with Gasteiger partial charge in [-0.25, -0.2) is 4.68 Å². The Kier molecular flexibility index (Phi) is 4.53. The minimum Gasteiger partial charge on any atom is -0.347 e. The van der Waals surface area contributed by atoms with Crippen LogP contribution in [0, 0.1) is 13.8 Å². The molecule has 2 aliphatic rings. The van der Waals surface area contributed by atoms with E-state index in [0.717, 1.165) is 35.5 Å². The fourth-order valence-electron chi connectivity index (χ4n) is 4.27. The lowest BCUT2D eigenvalue weighted by atomic mass is 9.94. The Hall–Kier alpha value is -2.21. The van der Waals surface area contributed by atoms with Crippen LogP contribution in [0.1, 0.15) is 55.1 Å². The highest BCUT2D eigenvalue weighted by atomic mass is 32.1. The van der Waals surface area contributed by atoms with Crippen molar-refractivity contribution in [1.82, 2.24) is 20.0 Å². The number of benzene rings is 1. The van der Waals surface area contributed by atoms with Crippen LogP contribution in [0.4, 0.5) is 0 Å². The number of hydrogen-bond donors (Lipinski definition) is 1. The monoisotopic (exact) mass is 368 g/mol. The number of thiocarbonyl (C=S) groups is 1. The van der Waals surface area contributed by atoms with E-state index in [1.54, 1.807) is 0 Å². The number of aryl methyl sites for hydroxylation is 1. The van der Waals surface area contributed by atoms with Crippen LogP contribution >= 0.6 is 12.2 Å². The summed E-state index contributed by atoms with van der Waals surface area (Å²) in [5.41, 5.74) is 3.79. The molecule has 1 saturated carbocycles. The van der Waals surface area contributed by atoms with Gasteiger partial charge in [0.05, 0.1) is 11.4 Å². The molecule has 136 valence electrons. The molecular weight excluding hydrogens is 344 g/mol. The van der Waals surface area contributed by atoms with Crippen molar-refractivity contribution in [1.29, 1.82) is 0 Å². The van der Waals surface area contributed by atoms with E-state index in [1.807, 2.05) is 53.8 Å². The quantitative estimate of drug-likeness (QED) is 0.842. The van der Waals surface area contributed by atoms with Gasteiger partial charge in [-0.1, -0.05) is 37.5 Å². The summed E-state index contributed by atoms with van der Waals surface area (Å²) >= 11 is 5.53. The molecule has 1 aromatic heterocycles. The Balaban J connectivity index is 1.67. The highest BCUT2D eigenvalue weighted by molar-refractivity contribution is 7.80. The molecule has 1 amide bonds. The third kappa shape index (κ3) is 2.82. The number of hydrogen-bond acceptors (Lipinski definition) is 3. The molecule has 0 bridgehead atoms. The first kappa shape index (κ1) is 17.2. The first-order chi connectivity index (χ1) is 12.6. The molecule has 2 aromatic rings. The van der Waals surface area contributed by atoms with Gasteiger partial charge in [0.2, 0.25) is 0 Å². The van der Waals surface area contributed by atoms with Gasteiger partial charge in [0, 0.05) is 17.3 Å². The van der Waals surface area contributed by atoms with E-state index in [1.165, 1.54) is 19.3 Å². The van der Waals surface area contributed by atoms with Gasteiger partial charge in [-0.05, 0) is 51.0 Å². The lowest BCUT2D eigenvalue weighted by Gasteiger charge is -2.30. The predicted molar refractivity (Wildman–Crippen MR) is 105 cm³/mol. The van der Waals surface area contributed by atoms with Crippen molar-refractivity contribution < 1.29 is 4.79 Å².